The Labute approximate surface area is 123 Å². The van der Waals surface area contributed by atoms with Crippen LogP contribution >= 0.6 is 12.2 Å². The lowest BCUT2D eigenvalue weighted by atomic mass is 10.3. The minimum Gasteiger partial charge on any atom is -0.494 e. The van der Waals surface area contributed by atoms with Gasteiger partial charge in [-0.1, -0.05) is 18.9 Å². The second kappa shape index (κ2) is 5.97. The molecule has 1 aromatic carbocycles. The van der Waals surface area contributed by atoms with Crippen LogP contribution < -0.4 is 4.74 Å². The molecular weight excluding hydrogens is 272 g/mol. The third kappa shape index (κ3) is 2.60. The molecule has 5 heteroatoms. The van der Waals surface area contributed by atoms with Crippen LogP contribution in [0.4, 0.5) is 0 Å². The van der Waals surface area contributed by atoms with Crippen molar-refractivity contribution in [3.8, 4) is 5.75 Å². The van der Waals surface area contributed by atoms with E-state index in [0.717, 1.165) is 28.1 Å². The molecule has 1 aromatic heterocycles. The Morgan fingerprint density at radius 1 is 1.35 bits per heavy atom. The van der Waals surface area contributed by atoms with E-state index in [1.807, 2.05) is 12.1 Å². The molecule has 4 nitrogen and oxygen atoms in total. The van der Waals surface area contributed by atoms with Crippen molar-refractivity contribution >= 4 is 23.3 Å². The summed E-state index contributed by atoms with van der Waals surface area (Å²) in [4.78, 5) is 3.22. The minimum absolute atomic E-state index is 0.448. The molecule has 1 N–H and O–H groups in total. The number of ether oxygens (including phenoxy) is 2. The van der Waals surface area contributed by atoms with Crippen LogP contribution in [0.5, 0.6) is 5.75 Å². The van der Waals surface area contributed by atoms with Gasteiger partial charge in [-0.15, -0.1) is 0 Å². The average molecular weight is 292 g/mol. The van der Waals surface area contributed by atoms with Gasteiger partial charge >= 0.3 is 0 Å². The highest BCUT2D eigenvalue weighted by Gasteiger charge is 2.15. The predicted molar refractivity (Wildman–Crippen MR) is 81.9 cm³/mol. The summed E-state index contributed by atoms with van der Waals surface area (Å²) in [5, 5.41) is 0. The highest BCUT2D eigenvalue weighted by molar-refractivity contribution is 7.71. The molecule has 108 valence electrons. The maximum atomic E-state index is 5.92. The molecule has 1 fully saturated rings. The SMILES string of the molecule is COc1cccc2c1[nH]c(=S)n2CCOC1CCCC1. The summed E-state index contributed by atoms with van der Waals surface area (Å²) in [6.07, 6.45) is 5.45. The fourth-order valence-corrected chi connectivity index (χ4v) is 3.20. The van der Waals surface area contributed by atoms with Crippen molar-refractivity contribution in [2.75, 3.05) is 13.7 Å². The van der Waals surface area contributed by atoms with E-state index in [0.29, 0.717) is 12.7 Å². The number of aromatic amines is 1. The number of nitrogens with zero attached hydrogens (tertiary/aromatic N) is 1. The van der Waals surface area contributed by atoms with Crippen LogP contribution in [0, 0.1) is 4.77 Å². The Balaban J connectivity index is 1.77. The van der Waals surface area contributed by atoms with Gasteiger partial charge < -0.3 is 19.0 Å². The lowest BCUT2D eigenvalue weighted by Gasteiger charge is -2.11. The molecule has 1 aliphatic carbocycles. The quantitative estimate of drug-likeness (QED) is 0.855. The Bertz CT molecular complexity index is 641. The summed E-state index contributed by atoms with van der Waals surface area (Å²) in [5.41, 5.74) is 2.03. The first-order valence-corrected chi connectivity index (χ1v) is 7.57. The maximum absolute atomic E-state index is 5.92. The molecule has 0 atom stereocenters. The van der Waals surface area contributed by atoms with Crippen molar-refractivity contribution in [3.05, 3.63) is 23.0 Å². The van der Waals surface area contributed by atoms with Crippen LogP contribution in [-0.4, -0.2) is 29.4 Å². The van der Waals surface area contributed by atoms with E-state index in [4.69, 9.17) is 21.7 Å². The van der Waals surface area contributed by atoms with E-state index in [1.54, 1.807) is 7.11 Å². The number of hydrogen-bond acceptors (Lipinski definition) is 3. The van der Waals surface area contributed by atoms with Crippen LogP contribution in [0.15, 0.2) is 18.2 Å². The van der Waals surface area contributed by atoms with Crippen molar-refractivity contribution in [3.63, 3.8) is 0 Å². The van der Waals surface area contributed by atoms with Crippen LogP contribution in [-0.2, 0) is 11.3 Å². The molecular formula is C15H20N2O2S. The number of fused-ring (bicyclic) bond motifs is 1. The Morgan fingerprint density at radius 2 is 2.15 bits per heavy atom. The van der Waals surface area contributed by atoms with Crippen LogP contribution in [0.1, 0.15) is 25.7 Å². The molecule has 0 bridgehead atoms. The molecule has 1 saturated carbocycles. The van der Waals surface area contributed by atoms with Gasteiger partial charge in [0.1, 0.15) is 11.3 Å². The molecule has 0 aliphatic heterocycles. The van der Waals surface area contributed by atoms with Gasteiger partial charge in [0, 0.05) is 6.54 Å². The summed E-state index contributed by atoms with van der Waals surface area (Å²) in [6.45, 7) is 1.49. The van der Waals surface area contributed by atoms with Crippen molar-refractivity contribution in [1.29, 1.82) is 0 Å². The number of rotatable bonds is 5. The number of nitrogens with one attached hydrogen (secondary N) is 1. The predicted octanol–water partition coefficient (Wildman–Crippen LogP) is 3.67. The summed E-state index contributed by atoms with van der Waals surface area (Å²) >= 11 is 5.40. The van der Waals surface area contributed by atoms with Gasteiger partial charge in [-0.25, -0.2) is 0 Å². The largest absolute Gasteiger partial charge is 0.494 e. The first-order chi connectivity index (χ1) is 9.79. The number of aromatic nitrogens is 2. The normalized spacial score (nSPS) is 16.1. The zero-order chi connectivity index (χ0) is 13.9. The molecule has 1 aliphatic rings. The number of hydrogen-bond donors (Lipinski definition) is 1. The molecule has 3 rings (SSSR count). The maximum Gasteiger partial charge on any atom is 0.178 e. The van der Waals surface area contributed by atoms with Gasteiger partial charge in [-0.3, -0.25) is 0 Å². The molecule has 0 spiro atoms. The fourth-order valence-electron chi connectivity index (χ4n) is 2.91. The van der Waals surface area contributed by atoms with E-state index in [1.165, 1.54) is 25.7 Å². The minimum atomic E-state index is 0.448. The summed E-state index contributed by atoms with van der Waals surface area (Å²) in [5.74, 6) is 0.823. The van der Waals surface area contributed by atoms with E-state index < -0.39 is 0 Å². The van der Waals surface area contributed by atoms with Gasteiger partial charge in [-0.05, 0) is 37.2 Å². The highest BCUT2D eigenvalue weighted by atomic mass is 32.1. The van der Waals surface area contributed by atoms with E-state index in [9.17, 15) is 0 Å². The van der Waals surface area contributed by atoms with Gasteiger partial charge in [-0.2, -0.15) is 0 Å². The van der Waals surface area contributed by atoms with Gasteiger partial charge in [0.2, 0.25) is 0 Å². The zero-order valence-electron chi connectivity index (χ0n) is 11.7. The third-order valence-electron chi connectivity index (χ3n) is 3.96. The van der Waals surface area contributed by atoms with Gasteiger partial charge in [0.05, 0.1) is 25.3 Å². The molecule has 20 heavy (non-hydrogen) atoms. The standard InChI is InChI=1S/C15H20N2O2S/c1-18-13-8-4-7-12-14(13)16-15(20)17(12)9-10-19-11-5-2-3-6-11/h4,7-8,11H,2-3,5-6,9-10H2,1H3,(H,16,20). The monoisotopic (exact) mass is 292 g/mol. The van der Waals surface area contributed by atoms with Crippen molar-refractivity contribution in [2.24, 2.45) is 0 Å². The lowest BCUT2D eigenvalue weighted by Crippen LogP contribution is -2.13. The topological polar surface area (TPSA) is 39.2 Å². The summed E-state index contributed by atoms with van der Waals surface area (Å²) in [6, 6.07) is 5.98. The van der Waals surface area contributed by atoms with E-state index in [2.05, 4.69) is 15.6 Å². The first-order valence-electron chi connectivity index (χ1n) is 7.16. The van der Waals surface area contributed by atoms with Crippen LogP contribution in [0.25, 0.3) is 11.0 Å². The van der Waals surface area contributed by atoms with Gasteiger partial charge in [0.15, 0.2) is 4.77 Å². The molecule has 0 amide bonds. The number of H-pyrrole nitrogens is 1. The second-order valence-electron chi connectivity index (χ2n) is 5.21. The fraction of sp³-hybridized carbons (Fsp3) is 0.533. The zero-order valence-corrected chi connectivity index (χ0v) is 12.5. The lowest BCUT2D eigenvalue weighted by molar-refractivity contribution is 0.0533. The number of methoxy groups -OCH3 is 1. The third-order valence-corrected chi connectivity index (χ3v) is 4.29. The number of para-hydroxylation sites is 1. The van der Waals surface area contributed by atoms with Crippen molar-refractivity contribution in [2.45, 2.75) is 38.3 Å². The number of imidazole rings is 1. The second-order valence-corrected chi connectivity index (χ2v) is 5.60. The molecule has 0 saturated heterocycles. The molecule has 2 aromatic rings. The molecule has 0 radical (unpaired) electrons. The van der Waals surface area contributed by atoms with Gasteiger partial charge in [0.25, 0.3) is 0 Å². The first kappa shape index (κ1) is 13.6. The summed E-state index contributed by atoms with van der Waals surface area (Å²) in [7, 11) is 1.67. The Morgan fingerprint density at radius 3 is 2.90 bits per heavy atom. The highest BCUT2D eigenvalue weighted by Crippen LogP contribution is 2.25. The smallest absolute Gasteiger partial charge is 0.178 e. The van der Waals surface area contributed by atoms with Crippen LogP contribution in [0.3, 0.4) is 0 Å². The van der Waals surface area contributed by atoms with Crippen molar-refractivity contribution in [1.82, 2.24) is 9.55 Å². The Kier molecular flexibility index (Phi) is 4.08. The Hall–Kier alpha value is -1.33. The number of benzene rings is 1. The van der Waals surface area contributed by atoms with Crippen LogP contribution in [0.2, 0.25) is 0 Å². The van der Waals surface area contributed by atoms with E-state index in [-0.39, 0.29) is 0 Å². The molecule has 1 heterocycles. The van der Waals surface area contributed by atoms with Crippen molar-refractivity contribution < 1.29 is 9.47 Å². The average Bonchev–Trinajstić information content (AvgIpc) is 3.07. The van der Waals surface area contributed by atoms with E-state index >= 15 is 0 Å². The molecule has 0 unspecified atom stereocenters. The summed E-state index contributed by atoms with van der Waals surface area (Å²) < 4.78 is 14.1.